The number of nitrogens with one attached hydrogen (secondary N) is 1. The van der Waals surface area contributed by atoms with E-state index in [9.17, 15) is 4.39 Å². The summed E-state index contributed by atoms with van der Waals surface area (Å²) in [6.07, 6.45) is 0.801. The van der Waals surface area contributed by atoms with Gasteiger partial charge in [-0.15, -0.1) is 11.3 Å². The van der Waals surface area contributed by atoms with Gasteiger partial charge in [-0.2, -0.15) is 0 Å². The van der Waals surface area contributed by atoms with Crippen LogP contribution < -0.4 is 5.32 Å². The van der Waals surface area contributed by atoms with Gasteiger partial charge in [-0.05, 0) is 38.0 Å². The predicted molar refractivity (Wildman–Crippen MR) is 70.2 cm³/mol. The molecule has 0 saturated heterocycles. The van der Waals surface area contributed by atoms with Crippen molar-refractivity contribution in [3.63, 3.8) is 0 Å². The van der Waals surface area contributed by atoms with Crippen molar-refractivity contribution in [1.82, 2.24) is 4.98 Å². The molecule has 2 rings (SSSR count). The number of benzene rings is 1. The molecule has 0 unspecified atom stereocenters. The molecule has 0 aliphatic rings. The summed E-state index contributed by atoms with van der Waals surface area (Å²) in [5.41, 5.74) is 2.07. The summed E-state index contributed by atoms with van der Waals surface area (Å²) < 4.78 is 12.9. The molecule has 1 aromatic heterocycles. The van der Waals surface area contributed by atoms with E-state index < -0.39 is 0 Å². The molecule has 0 fully saturated rings. The second-order valence-corrected chi connectivity index (χ2v) is 5.17. The molecule has 0 bridgehead atoms. The molecule has 90 valence electrons. The zero-order chi connectivity index (χ0) is 12.3. The normalized spacial score (nSPS) is 10.5. The molecule has 2 nitrogen and oxygen atoms in total. The highest BCUT2D eigenvalue weighted by Crippen LogP contribution is 2.20. The van der Waals surface area contributed by atoms with Crippen LogP contribution in [0.1, 0.15) is 16.1 Å². The van der Waals surface area contributed by atoms with Crippen LogP contribution in [0.25, 0.3) is 0 Å². The highest BCUT2D eigenvalue weighted by atomic mass is 32.1. The van der Waals surface area contributed by atoms with E-state index in [1.165, 1.54) is 10.9 Å². The maximum Gasteiger partial charge on any atom is 0.183 e. The Bertz CT molecular complexity index is 488. The van der Waals surface area contributed by atoms with Gasteiger partial charge in [-0.1, -0.05) is 12.1 Å². The molecule has 1 heterocycles. The van der Waals surface area contributed by atoms with Crippen molar-refractivity contribution in [2.45, 2.75) is 20.3 Å². The Morgan fingerprint density at radius 3 is 2.82 bits per heavy atom. The van der Waals surface area contributed by atoms with Crippen LogP contribution in [0.3, 0.4) is 0 Å². The molecule has 4 heteroatoms. The molecule has 1 aromatic carbocycles. The molecule has 0 aliphatic heterocycles. The van der Waals surface area contributed by atoms with Gasteiger partial charge in [-0.3, -0.25) is 0 Å². The molecule has 0 atom stereocenters. The molecular weight excluding hydrogens is 235 g/mol. The first-order valence-corrected chi connectivity index (χ1v) is 6.39. The van der Waals surface area contributed by atoms with Crippen LogP contribution in [-0.4, -0.2) is 11.5 Å². The smallest absolute Gasteiger partial charge is 0.183 e. The first-order chi connectivity index (χ1) is 8.15. The van der Waals surface area contributed by atoms with Crippen molar-refractivity contribution in [2.75, 3.05) is 11.9 Å². The van der Waals surface area contributed by atoms with Crippen LogP contribution in [0, 0.1) is 19.7 Å². The van der Waals surface area contributed by atoms with Crippen LogP contribution in [0.2, 0.25) is 0 Å². The number of aryl methyl sites for hydroxylation is 2. The van der Waals surface area contributed by atoms with Gasteiger partial charge in [0, 0.05) is 11.4 Å². The van der Waals surface area contributed by atoms with Gasteiger partial charge < -0.3 is 5.32 Å². The zero-order valence-electron chi connectivity index (χ0n) is 9.96. The molecule has 0 amide bonds. The minimum absolute atomic E-state index is 0.177. The Labute approximate surface area is 105 Å². The van der Waals surface area contributed by atoms with Gasteiger partial charge in [0.15, 0.2) is 5.13 Å². The topological polar surface area (TPSA) is 24.9 Å². The number of aromatic nitrogens is 1. The van der Waals surface area contributed by atoms with E-state index in [-0.39, 0.29) is 5.82 Å². The fraction of sp³-hybridized carbons (Fsp3) is 0.308. The lowest BCUT2D eigenvalue weighted by Gasteiger charge is -2.02. The summed E-state index contributed by atoms with van der Waals surface area (Å²) in [6.45, 7) is 4.84. The van der Waals surface area contributed by atoms with Gasteiger partial charge >= 0.3 is 0 Å². The van der Waals surface area contributed by atoms with Gasteiger partial charge in [0.1, 0.15) is 5.82 Å². The van der Waals surface area contributed by atoms with Crippen molar-refractivity contribution in [1.29, 1.82) is 0 Å². The Hall–Kier alpha value is -1.42. The first-order valence-electron chi connectivity index (χ1n) is 5.57. The minimum atomic E-state index is -0.177. The predicted octanol–water partition coefficient (Wildman–Crippen LogP) is 3.55. The van der Waals surface area contributed by atoms with E-state index in [2.05, 4.69) is 17.2 Å². The van der Waals surface area contributed by atoms with Crippen molar-refractivity contribution < 1.29 is 4.39 Å². The molecule has 0 saturated carbocycles. The van der Waals surface area contributed by atoms with Crippen molar-refractivity contribution >= 4 is 16.5 Å². The van der Waals surface area contributed by atoms with Gasteiger partial charge in [0.2, 0.25) is 0 Å². The highest BCUT2D eigenvalue weighted by molar-refractivity contribution is 7.15. The summed E-state index contributed by atoms with van der Waals surface area (Å²) in [4.78, 5) is 5.63. The van der Waals surface area contributed by atoms with E-state index in [1.807, 2.05) is 13.0 Å². The average molecular weight is 250 g/mol. The van der Waals surface area contributed by atoms with Gasteiger partial charge in [0.25, 0.3) is 0 Å². The number of nitrogens with zero attached hydrogens (tertiary/aromatic N) is 1. The molecule has 1 N–H and O–H groups in total. The average Bonchev–Trinajstić information content (AvgIpc) is 2.58. The zero-order valence-corrected chi connectivity index (χ0v) is 10.8. The third kappa shape index (κ3) is 3.27. The monoisotopic (exact) mass is 250 g/mol. The molecule has 0 radical (unpaired) electrons. The van der Waals surface area contributed by atoms with Crippen molar-refractivity contribution in [3.05, 3.63) is 46.2 Å². The minimum Gasteiger partial charge on any atom is -0.361 e. The summed E-state index contributed by atoms with van der Waals surface area (Å²) in [5.74, 6) is -0.177. The summed E-state index contributed by atoms with van der Waals surface area (Å²) in [5, 5.41) is 4.20. The van der Waals surface area contributed by atoms with E-state index in [0.717, 1.165) is 29.4 Å². The summed E-state index contributed by atoms with van der Waals surface area (Å²) in [6, 6.07) is 6.70. The van der Waals surface area contributed by atoms with Crippen LogP contribution >= 0.6 is 11.3 Å². The van der Waals surface area contributed by atoms with E-state index in [0.29, 0.717) is 0 Å². The number of hydrogen-bond donors (Lipinski definition) is 1. The van der Waals surface area contributed by atoms with Crippen LogP contribution in [0.15, 0.2) is 24.3 Å². The molecule has 0 aliphatic carbocycles. The number of anilines is 1. The third-order valence-corrected chi connectivity index (χ3v) is 3.64. The number of halogens is 1. The standard InChI is InChI=1S/C13H15FN2S/c1-9-10(2)17-13(16-9)15-7-6-11-4-3-5-12(14)8-11/h3-5,8H,6-7H2,1-2H3,(H,15,16). The third-order valence-electron chi connectivity index (χ3n) is 2.61. The fourth-order valence-corrected chi connectivity index (χ4v) is 2.39. The SMILES string of the molecule is Cc1nc(NCCc2cccc(F)c2)sc1C. The fourth-order valence-electron chi connectivity index (χ4n) is 1.55. The quantitative estimate of drug-likeness (QED) is 0.897. The van der Waals surface area contributed by atoms with Gasteiger partial charge in [0.05, 0.1) is 5.69 Å². The van der Waals surface area contributed by atoms with Crippen LogP contribution in [-0.2, 0) is 6.42 Å². The van der Waals surface area contributed by atoms with E-state index in [1.54, 1.807) is 23.5 Å². The molecular formula is C13H15FN2S. The van der Waals surface area contributed by atoms with Gasteiger partial charge in [-0.25, -0.2) is 9.37 Å². The van der Waals surface area contributed by atoms with Crippen molar-refractivity contribution in [2.24, 2.45) is 0 Å². The number of hydrogen-bond acceptors (Lipinski definition) is 3. The number of rotatable bonds is 4. The lowest BCUT2D eigenvalue weighted by Crippen LogP contribution is -2.04. The van der Waals surface area contributed by atoms with E-state index >= 15 is 0 Å². The molecule has 2 aromatic rings. The van der Waals surface area contributed by atoms with Crippen LogP contribution in [0.4, 0.5) is 9.52 Å². The first kappa shape index (κ1) is 12.0. The largest absolute Gasteiger partial charge is 0.361 e. The Balaban J connectivity index is 1.87. The van der Waals surface area contributed by atoms with Crippen LogP contribution in [0.5, 0.6) is 0 Å². The summed E-state index contributed by atoms with van der Waals surface area (Å²) >= 11 is 1.66. The maximum atomic E-state index is 12.9. The summed E-state index contributed by atoms with van der Waals surface area (Å²) in [7, 11) is 0. The second-order valence-electron chi connectivity index (χ2n) is 3.97. The molecule has 0 spiro atoms. The maximum absolute atomic E-state index is 12.9. The Morgan fingerprint density at radius 2 is 2.18 bits per heavy atom. The number of thiazole rings is 1. The lowest BCUT2D eigenvalue weighted by atomic mass is 10.1. The Morgan fingerprint density at radius 1 is 1.35 bits per heavy atom. The lowest BCUT2D eigenvalue weighted by molar-refractivity contribution is 0.625. The van der Waals surface area contributed by atoms with Crippen molar-refractivity contribution in [3.8, 4) is 0 Å². The highest BCUT2D eigenvalue weighted by Gasteiger charge is 2.02. The Kier molecular flexibility index (Phi) is 3.74. The molecule has 17 heavy (non-hydrogen) atoms. The second kappa shape index (κ2) is 5.27. The van der Waals surface area contributed by atoms with E-state index in [4.69, 9.17) is 0 Å².